The molecule has 0 N–H and O–H groups in total. The van der Waals surface area contributed by atoms with Crippen molar-refractivity contribution in [3.05, 3.63) is 145 Å². The molecule has 0 saturated carbocycles. The molecule has 4 heterocycles. The van der Waals surface area contributed by atoms with Gasteiger partial charge in [0.15, 0.2) is 59.1 Å². The average Bonchev–Trinajstić information content (AvgIpc) is 3.95. The number of rotatable bonds is 20. The van der Waals surface area contributed by atoms with E-state index in [4.69, 9.17) is 0 Å². The molecule has 52 nitrogen and oxygen atoms in total. The van der Waals surface area contributed by atoms with E-state index in [1.54, 1.807) is 0 Å². The van der Waals surface area contributed by atoms with Gasteiger partial charge in [-0.25, -0.2) is 0 Å². The van der Waals surface area contributed by atoms with Crippen molar-refractivity contribution in [2.75, 3.05) is 0 Å². The fourth-order valence-electron chi connectivity index (χ4n) is 4.36. The molecule has 0 aromatic carbocycles. The van der Waals surface area contributed by atoms with Gasteiger partial charge >= 0.3 is 82.7 Å². The molecule has 4 aromatic heterocycles. The van der Waals surface area contributed by atoms with E-state index in [2.05, 4.69) is 61.6 Å². The van der Waals surface area contributed by atoms with Crippen LogP contribution in [0.4, 0.5) is 0 Å². The Balaban J connectivity index is 0.0000102. The molecule has 0 atom stereocenters. The van der Waals surface area contributed by atoms with Crippen LogP contribution in [0.25, 0.3) is 0 Å². The van der Waals surface area contributed by atoms with Gasteiger partial charge in [-0.15, -0.1) is 0 Å². The van der Waals surface area contributed by atoms with E-state index >= 15 is 0 Å². The number of nitrogens with zero attached hydrogens (tertiary/aromatic N) is 28. The predicted octanol–water partition coefficient (Wildman–Crippen LogP) is -11.7. The normalized spacial score (nSPS) is 12.0. The third kappa shape index (κ3) is 5.67. The van der Waals surface area contributed by atoms with Crippen LogP contribution < -0.4 is 29.6 Å². The number of nitro groups is 12. The Hall–Kier alpha value is -9.86. The fraction of sp³-hybridized carbons (Fsp3) is 0.500. The molecule has 0 bridgehead atoms. The Morgan fingerprint density at radius 3 is 0.548 bits per heavy atom. The number of aromatic nitrogens is 16. The van der Waals surface area contributed by atoms with Crippen LogP contribution in [-0.2, 0) is 23.1 Å². The molecular weight excluding hydrogens is 906 g/mol. The van der Waals surface area contributed by atoms with Gasteiger partial charge in [0.25, 0.3) is 0 Å². The maximum Gasteiger partial charge on any atom is 1.00 e. The van der Waals surface area contributed by atoms with E-state index in [9.17, 15) is 121 Å². The molecule has 0 amide bonds. The standard InChI is InChI=1S/C8BN28O24.Na/c38-22(39)5(23(40)41,24(42)43)1-10-18-34(14-1)9(35-15-2(11-19-35)6(25(44)45,26(46)47)27(48)49,36-16-3(12-20-36)7(28(50)51,29(52)53)30(54)55)37-17-4(13-21-37)8(31(56)57,32(58)59)33(60)61;/q-1;+1. The zero-order valence-electron chi connectivity index (χ0n) is 27.9. The third-order valence-electron chi connectivity index (χ3n) is 7.21. The molecule has 0 saturated heterocycles. The molecule has 54 heteroatoms. The maximum atomic E-state index is 11.8. The van der Waals surface area contributed by atoms with Crippen molar-refractivity contribution in [1.29, 1.82) is 0 Å². The summed E-state index contributed by atoms with van der Waals surface area (Å²) in [6.45, 7) is -5.76. The van der Waals surface area contributed by atoms with Gasteiger partial charge in [0.2, 0.25) is 0 Å². The first-order valence-corrected chi connectivity index (χ1v) is 13.3. The summed E-state index contributed by atoms with van der Waals surface area (Å²) in [4.78, 5) is 113. The first-order chi connectivity index (χ1) is 28.2. The zero-order chi connectivity index (χ0) is 46.5. The third-order valence-corrected chi connectivity index (χ3v) is 7.21. The van der Waals surface area contributed by atoms with E-state index in [1.165, 1.54) is 0 Å². The SMILES string of the molecule is O=[N+]([O-])C(c1nnn([B-](n2nnc(C([N+](=O)[O-])([N+](=O)[O-])[N+](=O)[O-])n2)(n2nnc(C([N+](=O)[O-])([N+](=O)[O-])[N+](=O)[O-])n2)n2nnc(C([N+](=O)[O-])([N+](=O)[O-])[N+](=O)[O-])n2)n1)([N+](=O)[O-])[N+](=O)[O-].[Na+]. The van der Waals surface area contributed by atoms with Crippen molar-refractivity contribution in [2.24, 2.45) is 0 Å². The summed E-state index contributed by atoms with van der Waals surface area (Å²) in [6, 6.07) is 0. The summed E-state index contributed by atoms with van der Waals surface area (Å²) in [5, 5.41) is 175. The number of hydrogen-bond acceptors (Lipinski definition) is 36. The summed E-state index contributed by atoms with van der Waals surface area (Å²) in [5.41, 5.74) is 0. The molecule has 0 aliphatic heterocycles. The zero-order valence-corrected chi connectivity index (χ0v) is 29.9. The number of hydrogen-bond donors (Lipinski definition) is 0. The second-order valence-corrected chi connectivity index (χ2v) is 10.1. The fourth-order valence-corrected chi connectivity index (χ4v) is 4.36. The molecule has 4 rings (SSSR count). The second-order valence-electron chi connectivity index (χ2n) is 10.1. The van der Waals surface area contributed by atoms with Crippen LogP contribution in [-0.4, -0.2) is 146 Å². The summed E-state index contributed by atoms with van der Waals surface area (Å²) in [5.74, 6) is -30.2. The van der Waals surface area contributed by atoms with Gasteiger partial charge < -0.3 is 0 Å². The van der Waals surface area contributed by atoms with Gasteiger partial charge in [-0.3, -0.25) is 140 Å². The summed E-state index contributed by atoms with van der Waals surface area (Å²) >= 11 is 0. The minimum atomic E-state index is -5.76. The molecule has 62 heavy (non-hydrogen) atoms. The van der Waals surface area contributed by atoms with Crippen LogP contribution in [0, 0.1) is 121 Å². The minimum Gasteiger partial charge on any atom is -0.265 e. The molecule has 0 spiro atoms. The van der Waals surface area contributed by atoms with Crippen LogP contribution >= 0.6 is 0 Å². The maximum absolute atomic E-state index is 11.8. The Morgan fingerprint density at radius 2 is 0.435 bits per heavy atom. The van der Waals surface area contributed by atoms with E-state index in [-0.39, 0.29) is 29.6 Å². The summed E-state index contributed by atoms with van der Waals surface area (Å²) in [6.07, 6.45) is 0. The van der Waals surface area contributed by atoms with Crippen molar-refractivity contribution in [2.45, 2.75) is 23.1 Å². The van der Waals surface area contributed by atoms with Crippen molar-refractivity contribution >= 4 is 6.69 Å². The van der Waals surface area contributed by atoms with Crippen molar-refractivity contribution in [3.8, 4) is 0 Å². The molecule has 0 radical (unpaired) electrons. The second kappa shape index (κ2) is 15.1. The molecule has 0 fully saturated rings. The van der Waals surface area contributed by atoms with Gasteiger partial charge in [-0.05, 0) is 0 Å². The van der Waals surface area contributed by atoms with Crippen LogP contribution in [0.1, 0.15) is 23.3 Å². The number of tetrazole rings is 4. The molecule has 0 unspecified atom stereocenters. The topological polar surface area (TPSA) is 692 Å². The average molecular weight is 906 g/mol. The van der Waals surface area contributed by atoms with Crippen LogP contribution in [0.3, 0.4) is 0 Å². The molecule has 0 aliphatic rings. The van der Waals surface area contributed by atoms with Crippen LogP contribution in [0.5, 0.6) is 0 Å². The van der Waals surface area contributed by atoms with Gasteiger partial charge in [-0.2, -0.15) is 20.4 Å². The molecule has 4 aromatic rings. The largest absolute Gasteiger partial charge is 1.00 e. The molecule has 320 valence electrons. The molecule has 0 aliphatic carbocycles. The summed E-state index contributed by atoms with van der Waals surface area (Å²) < 4.78 is -3.64. The Labute approximate surface area is 343 Å². The van der Waals surface area contributed by atoms with E-state index in [0.29, 0.717) is 0 Å². The predicted molar refractivity (Wildman–Crippen MR) is 149 cm³/mol. The van der Waals surface area contributed by atoms with Crippen LogP contribution in [0.15, 0.2) is 0 Å². The Bertz CT molecular complexity index is 2150. The first-order valence-electron chi connectivity index (χ1n) is 13.3. The van der Waals surface area contributed by atoms with Crippen molar-refractivity contribution in [3.63, 3.8) is 0 Å². The van der Waals surface area contributed by atoms with E-state index in [1.807, 2.05) is 0 Å². The monoisotopic (exact) mass is 906 g/mol. The van der Waals surface area contributed by atoms with Crippen molar-refractivity contribution in [1.82, 2.24) is 80.5 Å². The van der Waals surface area contributed by atoms with Crippen LogP contribution in [0.2, 0.25) is 0 Å². The summed E-state index contributed by atoms with van der Waals surface area (Å²) in [7, 11) is 0. The smallest absolute Gasteiger partial charge is 0.265 e. The Morgan fingerprint density at radius 1 is 0.306 bits per heavy atom. The first kappa shape index (κ1) is 46.5. The van der Waals surface area contributed by atoms with E-state index in [0.717, 1.165) is 0 Å². The van der Waals surface area contributed by atoms with Gasteiger partial charge in [0.1, 0.15) is 0 Å². The van der Waals surface area contributed by atoms with E-state index < -0.39 is 131 Å². The molecular formula is C8BN28NaO24. The minimum absolute atomic E-state index is 0. The quantitative estimate of drug-likeness (QED) is 0.0344. The van der Waals surface area contributed by atoms with Gasteiger partial charge in [0, 0.05) is 0 Å². The van der Waals surface area contributed by atoms with Gasteiger partial charge in [-0.1, -0.05) is 41.2 Å². The van der Waals surface area contributed by atoms with Gasteiger partial charge in [0.05, 0.1) is 0 Å². The van der Waals surface area contributed by atoms with Crippen molar-refractivity contribution < 1.29 is 88.6 Å². The Kier molecular flexibility index (Phi) is 11.4.